The molecule has 0 aliphatic heterocycles. The van der Waals surface area contributed by atoms with Gasteiger partial charge >= 0.3 is 0 Å². The largest absolute Gasteiger partial charge is 0.497 e. The number of methoxy groups -OCH3 is 2. The zero-order valence-corrected chi connectivity index (χ0v) is 19.2. The standard InChI is InChI=1S/C27H24N2O6/c1-32-19-9-7-8-18(16-19)28-26(30)21-10-3-4-11-22(21)29-27(31)25-15-14-20(35-25)17-34-24-13-6-5-12-23(24)33-2/h3-16H,17H2,1-2H3,(H,28,30)(H,29,31). The van der Waals surface area contributed by atoms with E-state index in [-0.39, 0.29) is 18.3 Å². The summed E-state index contributed by atoms with van der Waals surface area (Å²) in [5.74, 6) is 1.47. The Bertz CT molecular complexity index is 1330. The van der Waals surface area contributed by atoms with Crippen LogP contribution in [0.15, 0.2) is 89.3 Å². The smallest absolute Gasteiger partial charge is 0.291 e. The van der Waals surface area contributed by atoms with E-state index >= 15 is 0 Å². The third-order valence-electron chi connectivity index (χ3n) is 5.07. The summed E-state index contributed by atoms with van der Waals surface area (Å²) < 4.78 is 21.8. The van der Waals surface area contributed by atoms with Crippen molar-refractivity contribution in [3.63, 3.8) is 0 Å². The molecular weight excluding hydrogens is 448 g/mol. The number of ether oxygens (including phenoxy) is 3. The lowest BCUT2D eigenvalue weighted by Gasteiger charge is -2.11. The van der Waals surface area contributed by atoms with E-state index in [0.717, 1.165) is 0 Å². The van der Waals surface area contributed by atoms with E-state index in [0.29, 0.717) is 39.9 Å². The predicted octanol–water partition coefficient (Wildman–Crippen LogP) is 5.38. The Morgan fingerprint density at radius 1 is 0.771 bits per heavy atom. The van der Waals surface area contributed by atoms with Gasteiger partial charge in [0.05, 0.1) is 25.5 Å². The quantitative estimate of drug-likeness (QED) is 0.339. The fourth-order valence-electron chi connectivity index (χ4n) is 3.34. The molecule has 1 heterocycles. The van der Waals surface area contributed by atoms with Crippen LogP contribution < -0.4 is 24.8 Å². The molecule has 8 heteroatoms. The van der Waals surface area contributed by atoms with Gasteiger partial charge in [0.15, 0.2) is 17.3 Å². The molecular formula is C27H24N2O6. The second-order valence-corrected chi connectivity index (χ2v) is 7.39. The van der Waals surface area contributed by atoms with Gasteiger partial charge < -0.3 is 29.3 Å². The molecule has 0 spiro atoms. The molecule has 178 valence electrons. The number of nitrogens with one attached hydrogen (secondary N) is 2. The lowest BCUT2D eigenvalue weighted by Crippen LogP contribution is -2.18. The monoisotopic (exact) mass is 472 g/mol. The van der Waals surface area contributed by atoms with Crippen LogP contribution in [0.25, 0.3) is 0 Å². The van der Waals surface area contributed by atoms with E-state index in [1.807, 2.05) is 12.1 Å². The Balaban J connectivity index is 1.42. The number of anilines is 2. The van der Waals surface area contributed by atoms with Gasteiger partial charge in [-0.2, -0.15) is 0 Å². The Morgan fingerprint density at radius 2 is 1.54 bits per heavy atom. The maximum Gasteiger partial charge on any atom is 0.291 e. The van der Waals surface area contributed by atoms with Crippen molar-refractivity contribution in [2.45, 2.75) is 6.61 Å². The van der Waals surface area contributed by atoms with Crippen molar-refractivity contribution < 1.29 is 28.2 Å². The number of hydrogen-bond donors (Lipinski definition) is 2. The molecule has 0 saturated heterocycles. The molecule has 0 bridgehead atoms. The topological polar surface area (TPSA) is 99.0 Å². The minimum absolute atomic E-state index is 0.0895. The molecule has 0 saturated carbocycles. The highest BCUT2D eigenvalue weighted by Gasteiger charge is 2.17. The zero-order valence-electron chi connectivity index (χ0n) is 19.2. The van der Waals surface area contributed by atoms with E-state index in [1.165, 1.54) is 0 Å². The van der Waals surface area contributed by atoms with Crippen LogP contribution in [0, 0.1) is 0 Å². The minimum atomic E-state index is -0.491. The predicted molar refractivity (Wildman–Crippen MR) is 131 cm³/mol. The van der Waals surface area contributed by atoms with Crippen LogP contribution in [0.3, 0.4) is 0 Å². The fourth-order valence-corrected chi connectivity index (χ4v) is 3.34. The van der Waals surface area contributed by atoms with Crippen LogP contribution in [0.4, 0.5) is 11.4 Å². The maximum atomic E-state index is 12.9. The third kappa shape index (κ3) is 5.80. The first-order chi connectivity index (χ1) is 17.1. The SMILES string of the molecule is COc1cccc(NC(=O)c2ccccc2NC(=O)c2ccc(COc3ccccc3OC)o2)c1. The number of rotatable bonds is 9. The molecule has 35 heavy (non-hydrogen) atoms. The van der Waals surface area contributed by atoms with E-state index in [4.69, 9.17) is 18.6 Å². The number of furan rings is 1. The number of benzene rings is 3. The summed E-state index contributed by atoms with van der Waals surface area (Å²) in [6.07, 6.45) is 0. The number of carbonyl (C=O) groups excluding carboxylic acids is 2. The first kappa shape index (κ1) is 23.4. The molecule has 1 aromatic heterocycles. The van der Waals surface area contributed by atoms with Gasteiger partial charge in [0.25, 0.3) is 11.8 Å². The highest BCUT2D eigenvalue weighted by molar-refractivity contribution is 6.12. The Labute approximate surface area is 202 Å². The Morgan fingerprint density at radius 3 is 2.34 bits per heavy atom. The average Bonchev–Trinajstić information content (AvgIpc) is 3.37. The van der Waals surface area contributed by atoms with Gasteiger partial charge in [-0.3, -0.25) is 9.59 Å². The summed E-state index contributed by atoms with van der Waals surface area (Å²) in [5, 5.41) is 5.55. The van der Waals surface area contributed by atoms with Gasteiger partial charge in [-0.1, -0.05) is 30.3 Å². The van der Waals surface area contributed by atoms with E-state index in [9.17, 15) is 9.59 Å². The van der Waals surface area contributed by atoms with Gasteiger partial charge in [-0.05, 0) is 48.5 Å². The van der Waals surface area contributed by atoms with Crippen molar-refractivity contribution in [1.82, 2.24) is 0 Å². The molecule has 3 aromatic carbocycles. The molecule has 8 nitrogen and oxygen atoms in total. The highest BCUT2D eigenvalue weighted by atomic mass is 16.5. The summed E-state index contributed by atoms with van der Waals surface area (Å²) in [6.45, 7) is 0.118. The zero-order chi connectivity index (χ0) is 24.6. The first-order valence-corrected chi connectivity index (χ1v) is 10.8. The molecule has 0 radical (unpaired) electrons. The molecule has 0 fully saturated rings. The minimum Gasteiger partial charge on any atom is -0.497 e. The van der Waals surface area contributed by atoms with Gasteiger partial charge in [0.2, 0.25) is 0 Å². The average molecular weight is 472 g/mol. The molecule has 0 unspecified atom stereocenters. The van der Waals surface area contributed by atoms with E-state index in [1.54, 1.807) is 87.0 Å². The summed E-state index contributed by atoms with van der Waals surface area (Å²) in [4.78, 5) is 25.7. The van der Waals surface area contributed by atoms with Crippen molar-refractivity contribution in [3.05, 3.63) is 102 Å². The normalized spacial score (nSPS) is 10.3. The van der Waals surface area contributed by atoms with Crippen LogP contribution in [-0.2, 0) is 6.61 Å². The van der Waals surface area contributed by atoms with Crippen LogP contribution >= 0.6 is 0 Å². The first-order valence-electron chi connectivity index (χ1n) is 10.8. The molecule has 0 atom stereocenters. The molecule has 0 aliphatic carbocycles. The summed E-state index contributed by atoms with van der Waals surface area (Å²) >= 11 is 0. The lowest BCUT2D eigenvalue weighted by atomic mass is 10.1. The van der Waals surface area contributed by atoms with Crippen molar-refractivity contribution in [2.75, 3.05) is 24.9 Å². The van der Waals surface area contributed by atoms with Gasteiger partial charge in [0.1, 0.15) is 18.1 Å². The van der Waals surface area contributed by atoms with E-state index in [2.05, 4.69) is 10.6 Å². The van der Waals surface area contributed by atoms with Crippen molar-refractivity contribution >= 4 is 23.2 Å². The number of hydrogen-bond acceptors (Lipinski definition) is 6. The van der Waals surface area contributed by atoms with Gasteiger partial charge in [0, 0.05) is 11.8 Å². The maximum absolute atomic E-state index is 12.9. The molecule has 2 amide bonds. The summed E-state index contributed by atoms with van der Waals surface area (Å²) in [6, 6.07) is 24.2. The molecule has 4 rings (SSSR count). The number of para-hydroxylation sites is 3. The number of carbonyl (C=O) groups is 2. The number of amides is 2. The second-order valence-electron chi connectivity index (χ2n) is 7.39. The van der Waals surface area contributed by atoms with Gasteiger partial charge in [-0.25, -0.2) is 0 Å². The van der Waals surface area contributed by atoms with Gasteiger partial charge in [-0.15, -0.1) is 0 Å². The Hall–Kier alpha value is -4.72. The highest BCUT2D eigenvalue weighted by Crippen LogP contribution is 2.27. The third-order valence-corrected chi connectivity index (χ3v) is 5.07. The van der Waals surface area contributed by atoms with Crippen molar-refractivity contribution in [2.24, 2.45) is 0 Å². The molecule has 0 aliphatic rings. The fraction of sp³-hybridized carbons (Fsp3) is 0.111. The van der Waals surface area contributed by atoms with Crippen molar-refractivity contribution in [1.29, 1.82) is 0 Å². The Kier molecular flexibility index (Phi) is 7.32. The molecule has 2 N–H and O–H groups in total. The van der Waals surface area contributed by atoms with Crippen LogP contribution in [0.1, 0.15) is 26.7 Å². The van der Waals surface area contributed by atoms with E-state index < -0.39 is 5.91 Å². The van der Waals surface area contributed by atoms with Crippen LogP contribution in [0.5, 0.6) is 17.2 Å². The second kappa shape index (κ2) is 10.9. The lowest BCUT2D eigenvalue weighted by molar-refractivity contribution is 0.0992. The van der Waals surface area contributed by atoms with Crippen LogP contribution in [-0.4, -0.2) is 26.0 Å². The molecule has 4 aromatic rings. The summed E-state index contributed by atoms with van der Waals surface area (Å²) in [5.41, 5.74) is 1.22. The van der Waals surface area contributed by atoms with Crippen LogP contribution in [0.2, 0.25) is 0 Å². The summed E-state index contributed by atoms with van der Waals surface area (Å²) in [7, 11) is 3.11. The van der Waals surface area contributed by atoms with Crippen molar-refractivity contribution in [3.8, 4) is 17.2 Å².